The summed E-state index contributed by atoms with van der Waals surface area (Å²) in [5.74, 6) is -1.44. The van der Waals surface area contributed by atoms with E-state index >= 15 is 0 Å². The Bertz CT molecular complexity index is 188. The number of ketones is 1. The lowest BCUT2D eigenvalue weighted by Crippen LogP contribution is -2.26. The zero-order valence-corrected chi connectivity index (χ0v) is 8.49. The number of hydrogen-bond donors (Lipinski definition) is 0. The van der Waals surface area contributed by atoms with Gasteiger partial charge in [0.2, 0.25) is 0 Å². The van der Waals surface area contributed by atoms with Gasteiger partial charge in [0.15, 0.2) is 6.29 Å². The van der Waals surface area contributed by atoms with E-state index in [9.17, 15) is 9.59 Å². The average molecular weight is 188 g/mol. The summed E-state index contributed by atoms with van der Waals surface area (Å²) < 4.78 is 9.82. The van der Waals surface area contributed by atoms with Crippen molar-refractivity contribution >= 4 is 11.8 Å². The Hall–Kier alpha value is -0.900. The first kappa shape index (κ1) is 12.1. The van der Waals surface area contributed by atoms with E-state index in [0.717, 1.165) is 0 Å². The van der Waals surface area contributed by atoms with Gasteiger partial charge in [-0.15, -0.1) is 0 Å². The monoisotopic (exact) mass is 188 g/mol. The fourth-order valence-electron chi connectivity index (χ4n) is 0.700. The number of hydrogen-bond acceptors (Lipinski definition) is 4. The topological polar surface area (TPSA) is 52.6 Å². The average Bonchev–Trinajstić information content (AvgIpc) is 2.03. The van der Waals surface area contributed by atoms with Crippen LogP contribution in [0.15, 0.2) is 0 Å². The van der Waals surface area contributed by atoms with E-state index in [0.29, 0.717) is 6.61 Å². The first-order chi connectivity index (χ1) is 5.99. The van der Waals surface area contributed by atoms with Gasteiger partial charge in [-0.25, -0.2) is 0 Å². The molecule has 0 aromatic heterocycles. The molecule has 0 spiro atoms. The summed E-state index contributed by atoms with van der Waals surface area (Å²) in [5, 5.41) is 0. The molecule has 4 heteroatoms. The van der Waals surface area contributed by atoms with Crippen LogP contribution in [0.3, 0.4) is 0 Å². The summed E-state index contributed by atoms with van der Waals surface area (Å²) in [6.45, 7) is 6.77. The lowest BCUT2D eigenvalue weighted by atomic mass is 10.1. The minimum atomic E-state index is -0.706. The van der Waals surface area contributed by atoms with Crippen molar-refractivity contribution in [1.29, 1.82) is 0 Å². The minimum absolute atomic E-state index is 0.200. The molecule has 0 saturated carbocycles. The zero-order chi connectivity index (χ0) is 10.4. The molecule has 76 valence electrons. The highest BCUT2D eigenvalue weighted by Crippen LogP contribution is 2.03. The third kappa shape index (κ3) is 4.62. The molecule has 0 amide bonds. The standard InChI is InChI=1S/C9H16O4/c1-5-12-8(4)13-9(11)6(2)7(3)10/h6,8H,5H2,1-4H3. The highest BCUT2D eigenvalue weighted by atomic mass is 16.7. The molecular formula is C9H16O4. The molecule has 4 nitrogen and oxygen atoms in total. The van der Waals surface area contributed by atoms with Crippen LogP contribution >= 0.6 is 0 Å². The zero-order valence-electron chi connectivity index (χ0n) is 8.49. The lowest BCUT2D eigenvalue weighted by molar-refractivity contribution is -0.178. The Balaban J connectivity index is 3.92. The smallest absolute Gasteiger partial charge is 0.318 e. The Kier molecular flexibility index (Phi) is 5.30. The molecule has 2 unspecified atom stereocenters. The van der Waals surface area contributed by atoms with Crippen LogP contribution in [0.2, 0.25) is 0 Å². The molecule has 0 aromatic rings. The number of rotatable bonds is 5. The van der Waals surface area contributed by atoms with Crippen molar-refractivity contribution in [2.75, 3.05) is 6.61 Å². The summed E-state index contributed by atoms with van der Waals surface area (Å²) in [6.07, 6.45) is -0.584. The number of esters is 1. The minimum Gasteiger partial charge on any atom is -0.436 e. The van der Waals surface area contributed by atoms with Gasteiger partial charge >= 0.3 is 5.97 Å². The fourth-order valence-corrected chi connectivity index (χ4v) is 0.700. The van der Waals surface area contributed by atoms with Crippen molar-refractivity contribution in [3.63, 3.8) is 0 Å². The molecule has 0 saturated heterocycles. The summed E-state index contributed by atoms with van der Waals surface area (Å²) >= 11 is 0. The van der Waals surface area contributed by atoms with Gasteiger partial charge in [-0.1, -0.05) is 0 Å². The van der Waals surface area contributed by atoms with Gasteiger partial charge in [0.1, 0.15) is 11.7 Å². The Morgan fingerprint density at radius 2 is 1.85 bits per heavy atom. The van der Waals surface area contributed by atoms with E-state index in [-0.39, 0.29) is 5.78 Å². The van der Waals surface area contributed by atoms with E-state index in [1.165, 1.54) is 13.8 Å². The number of Topliss-reactive ketones (excluding diaryl/α,β-unsaturated/α-hetero) is 1. The van der Waals surface area contributed by atoms with Crippen LogP contribution in [0.25, 0.3) is 0 Å². The van der Waals surface area contributed by atoms with Gasteiger partial charge < -0.3 is 9.47 Å². The van der Waals surface area contributed by atoms with Gasteiger partial charge in [0.25, 0.3) is 0 Å². The molecule has 0 rings (SSSR count). The van der Waals surface area contributed by atoms with E-state index in [2.05, 4.69) is 0 Å². The lowest BCUT2D eigenvalue weighted by Gasteiger charge is -2.14. The van der Waals surface area contributed by atoms with Gasteiger partial charge in [0.05, 0.1) is 0 Å². The van der Waals surface area contributed by atoms with Crippen molar-refractivity contribution in [1.82, 2.24) is 0 Å². The molecule has 0 aromatic carbocycles. The quantitative estimate of drug-likeness (QED) is 0.369. The normalized spacial score (nSPS) is 14.8. The van der Waals surface area contributed by atoms with Crippen molar-refractivity contribution in [3.8, 4) is 0 Å². The predicted octanol–water partition coefficient (Wildman–Crippen LogP) is 1.14. The van der Waals surface area contributed by atoms with Gasteiger partial charge in [-0.05, 0) is 27.7 Å². The summed E-state index contributed by atoms with van der Waals surface area (Å²) in [4.78, 5) is 21.9. The predicted molar refractivity (Wildman–Crippen MR) is 47.0 cm³/mol. The molecule has 0 heterocycles. The number of ether oxygens (including phenoxy) is 2. The maximum atomic E-state index is 11.1. The van der Waals surface area contributed by atoms with Crippen LogP contribution in [0.5, 0.6) is 0 Å². The maximum Gasteiger partial charge on any atom is 0.318 e. The van der Waals surface area contributed by atoms with E-state index < -0.39 is 18.2 Å². The van der Waals surface area contributed by atoms with Crippen LogP contribution in [0.4, 0.5) is 0 Å². The highest BCUT2D eigenvalue weighted by Gasteiger charge is 2.21. The number of carbonyl (C=O) groups excluding carboxylic acids is 2. The van der Waals surface area contributed by atoms with Crippen LogP contribution in [0, 0.1) is 5.92 Å². The third-order valence-corrected chi connectivity index (χ3v) is 1.65. The van der Waals surface area contributed by atoms with Gasteiger partial charge in [0, 0.05) is 6.61 Å². The second-order valence-corrected chi connectivity index (χ2v) is 2.79. The maximum absolute atomic E-state index is 11.1. The Morgan fingerprint density at radius 1 is 1.31 bits per heavy atom. The summed E-state index contributed by atoms with van der Waals surface area (Å²) in [7, 11) is 0. The highest BCUT2D eigenvalue weighted by molar-refractivity contribution is 5.97. The molecular weight excluding hydrogens is 172 g/mol. The summed E-state index contributed by atoms with van der Waals surface area (Å²) in [5.41, 5.74) is 0. The van der Waals surface area contributed by atoms with Crippen molar-refractivity contribution in [2.24, 2.45) is 5.92 Å². The van der Waals surface area contributed by atoms with Gasteiger partial charge in [-0.3, -0.25) is 9.59 Å². The van der Waals surface area contributed by atoms with Crippen LogP contribution in [-0.2, 0) is 19.1 Å². The van der Waals surface area contributed by atoms with Crippen molar-refractivity contribution in [2.45, 2.75) is 34.0 Å². The Labute approximate surface area is 78.2 Å². The molecule has 13 heavy (non-hydrogen) atoms. The van der Waals surface area contributed by atoms with Crippen molar-refractivity contribution < 1.29 is 19.1 Å². The molecule has 0 fully saturated rings. The fraction of sp³-hybridized carbons (Fsp3) is 0.778. The van der Waals surface area contributed by atoms with E-state index in [4.69, 9.17) is 9.47 Å². The molecule has 0 N–H and O–H groups in total. The third-order valence-electron chi connectivity index (χ3n) is 1.65. The van der Waals surface area contributed by atoms with Crippen LogP contribution < -0.4 is 0 Å². The van der Waals surface area contributed by atoms with E-state index in [1.807, 2.05) is 0 Å². The molecule has 0 radical (unpaired) electrons. The number of carbonyl (C=O) groups is 2. The van der Waals surface area contributed by atoms with Crippen molar-refractivity contribution in [3.05, 3.63) is 0 Å². The van der Waals surface area contributed by atoms with Crippen LogP contribution in [0.1, 0.15) is 27.7 Å². The van der Waals surface area contributed by atoms with Gasteiger partial charge in [-0.2, -0.15) is 0 Å². The summed E-state index contributed by atoms with van der Waals surface area (Å²) in [6, 6.07) is 0. The molecule has 0 aliphatic heterocycles. The molecule has 2 atom stereocenters. The molecule has 0 aliphatic carbocycles. The van der Waals surface area contributed by atoms with Crippen LogP contribution in [-0.4, -0.2) is 24.6 Å². The molecule has 0 bridgehead atoms. The Morgan fingerprint density at radius 3 is 2.23 bits per heavy atom. The largest absolute Gasteiger partial charge is 0.436 e. The second-order valence-electron chi connectivity index (χ2n) is 2.79. The molecule has 0 aliphatic rings. The first-order valence-electron chi connectivity index (χ1n) is 4.31. The van der Waals surface area contributed by atoms with E-state index in [1.54, 1.807) is 13.8 Å². The first-order valence-corrected chi connectivity index (χ1v) is 4.31. The second kappa shape index (κ2) is 5.70. The SMILES string of the molecule is CCOC(C)OC(=O)C(C)C(C)=O.